The van der Waals surface area contributed by atoms with Crippen molar-refractivity contribution in [3.8, 4) is 0 Å². The highest BCUT2D eigenvalue weighted by Crippen LogP contribution is 2.37. The summed E-state index contributed by atoms with van der Waals surface area (Å²) in [5.41, 5.74) is -0.620. The van der Waals surface area contributed by atoms with Crippen LogP contribution in [0.5, 0.6) is 0 Å². The Morgan fingerprint density at radius 3 is 2.21 bits per heavy atom. The molecule has 1 unspecified atom stereocenters. The highest BCUT2D eigenvalue weighted by molar-refractivity contribution is 5.66. The number of allylic oxidation sites excluding steroid dienone is 5. The number of aliphatic carboxylic acids is 1. The number of hydrogen-bond acceptors (Lipinski definition) is 2. The molecule has 1 atom stereocenters. The molecule has 1 saturated carbocycles. The largest absolute Gasteiger partial charge is 0.481 e. The first-order valence-electron chi connectivity index (χ1n) is 12.0. The van der Waals surface area contributed by atoms with Crippen LogP contribution in [-0.4, -0.2) is 21.8 Å². The van der Waals surface area contributed by atoms with Crippen LogP contribution in [0.3, 0.4) is 0 Å². The zero-order chi connectivity index (χ0) is 21.2. The van der Waals surface area contributed by atoms with Gasteiger partial charge in [0.2, 0.25) is 0 Å². The number of aliphatic hydroxyl groups is 1. The van der Waals surface area contributed by atoms with Crippen molar-refractivity contribution in [3.63, 3.8) is 0 Å². The second-order valence-corrected chi connectivity index (χ2v) is 8.61. The third-order valence-corrected chi connectivity index (χ3v) is 6.04. The van der Waals surface area contributed by atoms with Gasteiger partial charge in [0.25, 0.3) is 0 Å². The fourth-order valence-electron chi connectivity index (χ4n) is 4.21. The average molecular weight is 405 g/mol. The van der Waals surface area contributed by atoms with E-state index in [0.29, 0.717) is 5.92 Å². The molecule has 1 aliphatic carbocycles. The third kappa shape index (κ3) is 12.7. The molecule has 1 fully saturated rings. The monoisotopic (exact) mass is 404 g/mol. The summed E-state index contributed by atoms with van der Waals surface area (Å²) in [5.74, 6) is -0.280. The summed E-state index contributed by atoms with van der Waals surface area (Å²) in [4.78, 5) is 10.4. The maximum Gasteiger partial charge on any atom is 0.303 e. The van der Waals surface area contributed by atoms with E-state index >= 15 is 0 Å². The standard InChI is InChI=1S/C26H44O3/c1-2-3-17-22-26(29,24-19-14-13-15-20-24)23-18-12-10-8-6-4-5-7-9-11-16-21-25(27)28/h7,9-10,12,18,23-24,29H,2-6,8,11,13-17,19-22H2,1H3,(H,27,28)/b9-7+,12-10+,23-18+. The minimum Gasteiger partial charge on any atom is -0.481 e. The summed E-state index contributed by atoms with van der Waals surface area (Å²) in [6.45, 7) is 2.22. The van der Waals surface area contributed by atoms with Crippen LogP contribution in [-0.2, 0) is 4.79 Å². The molecule has 0 bridgehead atoms. The van der Waals surface area contributed by atoms with E-state index in [-0.39, 0.29) is 6.42 Å². The molecule has 0 aromatic rings. The predicted molar refractivity (Wildman–Crippen MR) is 123 cm³/mol. The van der Waals surface area contributed by atoms with Crippen molar-refractivity contribution in [2.45, 2.75) is 115 Å². The van der Waals surface area contributed by atoms with E-state index in [4.69, 9.17) is 5.11 Å². The van der Waals surface area contributed by atoms with E-state index in [1.165, 1.54) is 44.9 Å². The van der Waals surface area contributed by atoms with E-state index < -0.39 is 11.6 Å². The maximum atomic E-state index is 11.3. The summed E-state index contributed by atoms with van der Waals surface area (Å²) in [7, 11) is 0. The van der Waals surface area contributed by atoms with Gasteiger partial charge in [0.1, 0.15) is 0 Å². The van der Waals surface area contributed by atoms with Gasteiger partial charge in [-0.2, -0.15) is 0 Å². The van der Waals surface area contributed by atoms with Crippen LogP contribution in [0.4, 0.5) is 0 Å². The van der Waals surface area contributed by atoms with Gasteiger partial charge in [-0.3, -0.25) is 4.79 Å². The fraction of sp³-hybridized carbons (Fsp3) is 0.731. The molecule has 0 aromatic heterocycles. The number of unbranched alkanes of at least 4 members (excludes halogenated alkanes) is 6. The molecule has 0 radical (unpaired) electrons. The molecule has 0 heterocycles. The van der Waals surface area contributed by atoms with E-state index in [1.54, 1.807) is 0 Å². The number of rotatable bonds is 16. The maximum absolute atomic E-state index is 11.3. The zero-order valence-electron chi connectivity index (χ0n) is 18.7. The Bertz CT molecular complexity index is 500. The lowest BCUT2D eigenvalue weighted by molar-refractivity contribution is -0.137. The van der Waals surface area contributed by atoms with Gasteiger partial charge >= 0.3 is 5.97 Å². The first-order chi connectivity index (χ1) is 14.1. The van der Waals surface area contributed by atoms with Crippen molar-refractivity contribution in [2.75, 3.05) is 0 Å². The lowest BCUT2D eigenvalue weighted by Gasteiger charge is -2.36. The van der Waals surface area contributed by atoms with Gasteiger partial charge in [0.05, 0.1) is 5.60 Å². The Morgan fingerprint density at radius 1 is 0.897 bits per heavy atom. The molecule has 1 rings (SSSR count). The first kappa shape index (κ1) is 25.7. The average Bonchev–Trinajstić information content (AvgIpc) is 2.72. The molecule has 0 saturated heterocycles. The van der Waals surface area contributed by atoms with Gasteiger partial charge in [-0.25, -0.2) is 0 Å². The molecular weight excluding hydrogens is 360 g/mol. The Hall–Kier alpha value is -1.35. The van der Waals surface area contributed by atoms with Gasteiger partial charge in [-0.15, -0.1) is 0 Å². The minimum atomic E-state index is -0.711. The summed E-state index contributed by atoms with van der Waals surface area (Å²) >= 11 is 0. The van der Waals surface area contributed by atoms with Crippen LogP contribution in [0, 0.1) is 5.92 Å². The molecule has 3 heteroatoms. The SMILES string of the molecule is CCCCCC(O)(/C=C/C=C/CCCC/C=C/CCCC(=O)O)C1CCCCC1. The molecule has 0 aromatic carbocycles. The van der Waals surface area contributed by atoms with Crippen molar-refractivity contribution in [1.82, 2.24) is 0 Å². The molecule has 0 spiro atoms. The Morgan fingerprint density at radius 2 is 1.55 bits per heavy atom. The molecule has 0 amide bonds. The van der Waals surface area contributed by atoms with Crippen LogP contribution in [0.25, 0.3) is 0 Å². The second kappa shape index (κ2) is 16.4. The summed E-state index contributed by atoms with van der Waals surface area (Å²) in [6.07, 6.45) is 29.6. The predicted octanol–water partition coefficient (Wildman–Crippen LogP) is 7.36. The zero-order valence-corrected chi connectivity index (χ0v) is 18.7. The topological polar surface area (TPSA) is 57.5 Å². The van der Waals surface area contributed by atoms with Gasteiger partial charge in [0.15, 0.2) is 0 Å². The van der Waals surface area contributed by atoms with Gasteiger partial charge < -0.3 is 10.2 Å². The number of carboxylic acid groups (broad SMARTS) is 1. The fourth-order valence-corrected chi connectivity index (χ4v) is 4.21. The van der Waals surface area contributed by atoms with E-state index in [2.05, 4.69) is 43.4 Å². The van der Waals surface area contributed by atoms with Crippen LogP contribution in [0.2, 0.25) is 0 Å². The van der Waals surface area contributed by atoms with Crippen molar-refractivity contribution >= 4 is 5.97 Å². The highest BCUT2D eigenvalue weighted by atomic mass is 16.4. The molecule has 29 heavy (non-hydrogen) atoms. The first-order valence-corrected chi connectivity index (χ1v) is 12.0. The van der Waals surface area contributed by atoms with Crippen LogP contribution in [0.15, 0.2) is 36.5 Å². The van der Waals surface area contributed by atoms with Crippen LogP contribution in [0.1, 0.15) is 110 Å². The summed E-state index contributed by atoms with van der Waals surface area (Å²) < 4.78 is 0. The molecule has 2 N–H and O–H groups in total. The Kier molecular flexibility index (Phi) is 14.6. The highest BCUT2D eigenvalue weighted by Gasteiger charge is 2.34. The lowest BCUT2D eigenvalue weighted by Crippen LogP contribution is -2.37. The van der Waals surface area contributed by atoms with Gasteiger partial charge in [-0.1, -0.05) is 81.9 Å². The molecule has 1 aliphatic rings. The van der Waals surface area contributed by atoms with Crippen LogP contribution < -0.4 is 0 Å². The molecule has 3 nitrogen and oxygen atoms in total. The van der Waals surface area contributed by atoms with Crippen LogP contribution >= 0.6 is 0 Å². The second-order valence-electron chi connectivity index (χ2n) is 8.61. The number of carboxylic acids is 1. The van der Waals surface area contributed by atoms with Crippen molar-refractivity contribution in [1.29, 1.82) is 0 Å². The van der Waals surface area contributed by atoms with Crippen molar-refractivity contribution in [3.05, 3.63) is 36.5 Å². The number of hydrogen-bond donors (Lipinski definition) is 2. The van der Waals surface area contributed by atoms with E-state index in [0.717, 1.165) is 51.4 Å². The van der Waals surface area contributed by atoms with Crippen molar-refractivity contribution < 1.29 is 15.0 Å². The molecule has 166 valence electrons. The lowest BCUT2D eigenvalue weighted by atomic mass is 9.74. The minimum absolute atomic E-state index is 0.261. The van der Waals surface area contributed by atoms with E-state index in [9.17, 15) is 9.90 Å². The Labute approximate surface area is 179 Å². The smallest absolute Gasteiger partial charge is 0.303 e. The Balaban J connectivity index is 2.25. The van der Waals surface area contributed by atoms with Gasteiger partial charge in [-0.05, 0) is 63.7 Å². The molecular formula is C26H44O3. The quantitative estimate of drug-likeness (QED) is 0.160. The molecule has 0 aliphatic heterocycles. The normalized spacial score (nSPS) is 18.1. The van der Waals surface area contributed by atoms with Crippen molar-refractivity contribution in [2.24, 2.45) is 5.92 Å². The van der Waals surface area contributed by atoms with E-state index in [1.807, 2.05) is 0 Å². The summed E-state index contributed by atoms with van der Waals surface area (Å²) in [6, 6.07) is 0. The number of carbonyl (C=O) groups is 1. The third-order valence-electron chi connectivity index (χ3n) is 6.04. The summed E-state index contributed by atoms with van der Waals surface area (Å²) in [5, 5.41) is 19.9. The van der Waals surface area contributed by atoms with Gasteiger partial charge in [0, 0.05) is 6.42 Å².